The molecule has 46 heavy (non-hydrogen) atoms. The van der Waals surface area contributed by atoms with Crippen LogP contribution in [0.3, 0.4) is 0 Å². The van der Waals surface area contributed by atoms with E-state index in [4.69, 9.17) is 16.3 Å². The number of hydrogen-bond acceptors (Lipinski definition) is 5. The van der Waals surface area contributed by atoms with Gasteiger partial charge in [0.2, 0.25) is 11.8 Å². The van der Waals surface area contributed by atoms with E-state index in [1.54, 1.807) is 24.3 Å². The summed E-state index contributed by atoms with van der Waals surface area (Å²) in [6, 6.07) is 25.9. The summed E-state index contributed by atoms with van der Waals surface area (Å²) in [4.78, 5) is 29.4. The molecular weight excluding hydrogens is 629 g/mol. The van der Waals surface area contributed by atoms with Crippen molar-refractivity contribution < 1.29 is 27.1 Å². The topological polar surface area (TPSA) is 96.0 Å². The molecule has 0 bridgehead atoms. The van der Waals surface area contributed by atoms with Gasteiger partial charge in [-0.2, -0.15) is 0 Å². The molecule has 0 aliphatic rings. The van der Waals surface area contributed by atoms with Crippen molar-refractivity contribution in [2.75, 3.05) is 24.0 Å². The monoisotopic (exact) mass is 665 g/mol. The van der Waals surface area contributed by atoms with E-state index >= 15 is 0 Å². The SMILES string of the molecule is CCCNC(=O)[C@@H](Cc1ccccc1)N(Cc1cccc(Cl)c1)C(=O)CN(c1ccc(F)cc1)S(=O)(=O)c1ccc(OCC)cc1. The van der Waals surface area contributed by atoms with Crippen LogP contribution in [0.1, 0.15) is 31.4 Å². The third kappa shape index (κ3) is 9.08. The van der Waals surface area contributed by atoms with Crippen molar-refractivity contribution in [3.63, 3.8) is 0 Å². The van der Waals surface area contributed by atoms with E-state index < -0.39 is 34.3 Å². The minimum atomic E-state index is -4.34. The molecule has 0 radical (unpaired) electrons. The first-order valence-corrected chi connectivity index (χ1v) is 16.8. The average Bonchev–Trinajstić information content (AvgIpc) is 3.05. The lowest BCUT2D eigenvalue weighted by molar-refractivity contribution is -0.140. The summed E-state index contributed by atoms with van der Waals surface area (Å²) < 4.78 is 48.5. The summed E-state index contributed by atoms with van der Waals surface area (Å²) in [6.07, 6.45) is 0.871. The number of carbonyl (C=O) groups is 2. The lowest BCUT2D eigenvalue weighted by Crippen LogP contribution is -2.53. The molecule has 0 saturated heterocycles. The van der Waals surface area contributed by atoms with E-state index in [2.05, 4.69) is 5.32 Å². The molecule has 0 unspecified atom stereocenters. The van der Waals surface area contributed by atoms with Crippen molar-refractivity contribution in [2.24, 2.45) is 0 Å². The van der Waals surface area contributed by atoms with Crippen LogP contribution in [0.15, 0.2) is 108 Å². The van der Waals surface area contributed by atoms with Crippen LogP contribution in [-0.2, 0) is 32.6 Å². The van der Waals surface area contributed by atoms with Gasteiger partial charge < -0.3 is 15.0 Å². The Morgan fingerprint density at radius 2 is 1.57 bits per heavy atom. The standard InChI is InChI=1S/C35H37ClFN3O5S/c1-3-21-38-35(42)33(23-26-9-6-5-7-10-26)39(24-27-11-8-12-28(36)22-27)34(41)25-40(30-15-13-29(37)14-16-30)46(43,44)32-19-17-31(18-20-32)45-4-2/h5-20,22,33H,3-4,21,23-25H2,1-2H3,(H,38,42)/t33-/m1/s1. The maximum absolute atomic E-state index is 14.4. The average molecular weight is 666 g/mol. The van der Waals surface area contributed by atoms with Gasteiger partial charge in [0.15, 0.2) is 0 Å². The van der Waals surface area contributed by atoms with Crippen LogP contribution in [-0.4, -0.2) is 50.9 Å². The molecule has 0 aliphatic heterocycles. The molecular formula is C35H37ClFN3O5S. The number of anilines is 1. The zero-order valence-electron chi connectivity index (χ0n) is 25.7. The van der Waals surface area contributed by atoms with Gasteiger partial charge in [-0.3, -0.25) is 13.9 Å². The van der Waals surface area contributed by atoms with Crippen LogP contribution >= 0.6 is 11.6 Å². The number of benzene rings is 4. The van der Waals surface area contributed by atoms with E-state index in [0.717, 1.165) is 22.0 Å². The van der Waals surface area contributed by atoms with Crippen molar-refractivity contribution in [3.8, 4) is 5.75 Å². The summed E-state index contributed by atoms with van der Waals surface area (Å²) >= 11 is 6.27. The first-order chi connectivity index (χ1) is 22.1. The number of halogens is 2. The van der Waals surface area contributed by atoms with Gasteiger partial charge in [-0.25, -0.2) is 12.8 Å². The highest BCUT2D eigenvalue weighted by Crippen LogP contribution is 2.27. The Kier molecular flexibility index (Phi) is 12.2. The summed E-state index contributed by atoms with van der Waals surface area (Å²) in [6.45, 7) is 3.87. The highest BCUT2D eigenvalue weighted by molar-refractivity contribution is 7.92. The Morgan fingerprint density at radius 3 is 2.20 bits per heavy atom. The Labute approximate surface area is 274 Å². The minimum Gasteiger partial charge on any atom is -0.494 e. The molecule has 4 rings (SSSR count). The smallest absolute Gasteiger partial charge is 0.264 e. The molecule has 0 aromatic heterocycles. The predicted molar refractivity (Wildman–Crippen MR) is 178 cm³/mol. The Balaban J connectivity index is 1.78. The van der Waals surface area contributed by atoms with E-state index in [1.807, 2.05) is 44.2 Å². The Bertz CT molecular complexity index is 1700. The van der Waals surface area contributed by atoms with Gasteiger partial charge in [0, 0.05) is 24.5 Å². The van der Waals surface area contributed by atoms with Gasteiger partial charge in [-0.15, -0.1) is 0 Å². The van der Waals surface area contributed by atoms with Crippen LogP contribution in [0, 0.1) is 5.82 Å². The Hall–Kier alpha value is -4.41. The fourth-order valence-electron chi connectivity index (χ4n) is 4.89. The highest BCUT2D eigenvalue weighted by Gasteiger charge is 2.34. The van der Waals surface area contributed by atoms with Crippen LogP contribution < -0.4 is 14.4 Å². The molecule has 0 fully saturated rings. The number of rotatable bonds is 15. The Morgan fingerprint density at radius 1 is 0.891 bits per heavy atom. The van der Waals surface area contributed by atoms with E-state index in [-0.39, 0.29) is 29.5 Å². The molecule has 2 amide bonds. The first kappa shape index (κ1) is 34.5. The number of carbonyl (C=O) groups excluding carboxylic acids is 2. The molecule has 0 spiro atoms. The summed E-state index contributed by atoms with van der Waals surface area (Å²) in [7, 11) is -4.34. The van der Waals surface area contributed by atoms with E-state index in [1.165, 1.54) is 41.3 Å². The van der Waals surface area contributed by atoms with Crippen LogP contribution in [0.2, 0.25) is 5.02 Å². The molecule has 1 atom stereocenters. The number of hydrogen-bond donors (Lipinski definition) is 1. The minimum absolute atomic E-state index is 0.0171. The van der Waals surface area contributed by atoms with E-state index in [0.29, 0.717) is 35.9 Å². The van der Waals surface area contributed by atoms with E-state index in [9.17, 15) is 22.4 Å². The molecule has 0 heterocycles. The predicted octanol–water partition coefficient (Wildman–Crippen LogP) is 6.24. The van der Waals surface area contributed by atoms with Crippen LogP contribution in [0.4, 0.5) is 10.1 Å². The van der Waals surface area contributed by atoms with Gasteiger partial charge in [-0.05, 0) is 85.1 Å². The number of nitrogens with one attached hydrogen (secondary N) is 1. The molecule has 0 saturated carbocycles. The van der Waals surface area contributed by atoms with Crippen molar-refractivity contribution in [1.29, 1.82) is 0 Å². The fourth-order valence-corrected chi connectivity index (χ4v) is 6.52. The summed E-state index contributed by atoms with van der Waals surface area (Å²) in [5.74, 6) is -1.08. The normalized spacial score (nSPS) is 11.8. The van der Waals surface area contributed by atoms with Gasteiger partial charge in [0.25, 0.3) is 10.0 Å². The van der Waals surface area contributed by atoms with Crippen LogP contribution in [0.5, 0.6) is 5.75 Å². The molecule has 8 nitrogen and oxygen atoms in total. The van der Waals surface area contributed by atoms with Crippen molar-refractivity contribution >= 4 is 39.1 Å². The lowest BCUT2D eigenvalue weighted by Gasteiger charge is -2.34. The largest absolute Gasteiger partial charge is 0.494 e. The molecule has 4 aromatic rings. The third-order valence-electron chi connectivity index (χ3n) is 7.18. The highest BCUT2D eigenvalue weighted by atomic mass is 35.5. The molecule has 0 aliphatic carbocycles. The molecule has 1 N–H and O–H groups in total. The molecule has 4 aromatic carbocycles. The second-order valence-electron chi connectivity index (χ2n) is 10.5. The molecule has 242 valence electrons. The van der Waals surface area contributed by atoms with Crippen molar-refractivity contribution in [2.45, 2.75) is 44.2 Å². The third-order valence-corrected chi connectivity index (χ3v) is 9.20. The zero-order valence-corrected chi connectivity index (χ0v) is 27.3. The zero-order chi connectivity index (χ0) is 33.1. The first-order valence-electron chi connectivity index (χ1n) is 15.0. The number of nitrogens with zero attached hydrogens (tertiary/aromatic N) is 2. The lowest BCUT2D eigenvalue weighted by atomic mass is 10.0. The van der Waals surface area contributed by atoms with Gasteiger partial charge in [-0.1, -0.05) is 61.0 Å². The maximum atomic E-state index is 14.4. The maximum Gasteiger partial charge on any atom is 0.264 e. The van der Waals surface area contributed by atoms with Crippen molar-refractivity contribution in [1.82, 2.24) is 10.2 Å². The summed E-state index contributed by atoms with van der Waals surface area (Å²) in [5, 5.41) is 3.35. The van der Waals surface area contributed by atoms with Gasteiger partial charge >= 0.3 is 0 Å². The van der Waals surface area contributed by atoms with Crippen LogP contribution in [0.25, 0.3) is 0 Å². The summed E-state index contributed by atoms with van der Waals surface area (Å²) in [5.41, 5.74) is 1.56. The number of amides is 2. The second kappa shape index (κ2) is 16.2. The molecule has 11 heteroatoms. The quantitative estimate of drug-likeness (QED) is 0.162. The second-order valence-corrected chi connectivity index (χ2v) is 12.8. The number of sulfonamides is 1. The van der Waals surface area contributed by atoms with Gasteiger partial charge in [0.1, 0.15) is 24.2 Å². The fraction of sp³-hybridized carbons (Fsp3) is 0.257. The van der Waals surface area contributed by atoms with Gasteiger partial charge in [0.05, 0.1) is 17.2 Å². The number of ether oxygens (including phenoxy) is 1. The van der Waals surface area contributed by atoms with Crippen molar-refractivity contribution in [3.05, 3.63) is 125 Å².